The Morgan fingerprint density at radius 2 is 2.00 bits per heavy atom. The Bertz CT molecular complexity index is 1230. The van der Waals surface area contributed by atoms with Crippen LogP contribution in [0.1, 0.15) is 12.5 Å². The average molecular weight is 437 g/mol. The SMILES string of the molecule is C=C(C)Cn1c(SCC(=O)NN=Cc2ccc([N+](=O)[O-])cc2)nc2ccccc2c1=O. The van der Waals surface area contributed by atoms with Gasteiger partial charge in [-0.05, 0) is 36.8 Å². The van der Waals surface area contributed by atoms with E-state index in [9.17, 15) is 19.7 Å². The number of nitro groups is 1. The molecule has 0 aliphatic heterocycles. The summed E-state index contributed by atoms with van der Waals surface area (Å²) < 4.78 is 1.50. The Labute approximate surface area is 181 Å². The van der Waals surface area contributed by atoms with Crippen molar-refractivity contribution >= 4 is 40.5 Å². The minimum atomic E-state index is -0.492. The van der Waals surface area contributed by atoms with Crippen LogP contribution in [-0.4, -0.2) is 32.3 Å². The second-order valence-corrected chi connectivity index (χ2v) is 7.63. The van der Waals surface area contributed by atoms with Crippen LogP contribution in [-0.2, 0) is 11.3 Å². The van der Waals surface area contributed by atoms with E-state index in [1.165, 1.54) is 35.0 Å². The number of hydrogen-bond acceptors (Lipinski definition) is 7. The zero-order valence-corrected chi connectivity index (χ0v) is 17.5. The van der Waals surface area contributed by atoms with Crippen molar-refractivity contribution in [1.82, 2.24) is 15.0 Å². The first-order valence-electron chi connectivity index (χ1n) is 9.18. The molecule has 3 aromatic rings. The highest BCUT2D eigenvalue weighted by Gasteiger charge is 2.13. The van der Waals surface area contributed by atoms with Crippen molar-refractivity contribution in [2.24, 2.45) is 5.10 Å². The molecule has 3 rings (SSSR count). The van der Waals surface area contributed by atoms with Crippen LogP contribution in [0.15, 0.2) is 75.7 Å². The minimum Gasteiger partial charge on any atom is -0.283 e. The molecule has 1 heterocycles. The van der Waals surface area contributed by atoms with Gasteiger partial charge in [0.25, 0.3) is 17.2 Å². The molecule has 0 spiro atoms. The molecule has 31 heavy (non-hydrogen) atoms. The number of nitrogens with one attached hydrogen (secondary N) is 1. The first-order chi connectivity index (χ1) is 14.8. The zero-order valence-electron chi connectivity index (χ0n) is 16.6. The molecule has 0 atom stereocenters. The number of non-ortho nitro benzene ring substituents is 1. The number of hydrogen-bond donors (Lipinski definition) is 1. The zero-order chi connectivity index (χ0) is 22.4. The van der Waals surface area contributed by atoms with Gasteiger partial charge in [-0.1, -0.05) is 36.0 Å². The maximum Gasteiger partial charge on any atom is 0.269 e. The fraction of sp³-hybridized carbons (Fsp3) is 0.143. The minimum absolute atomic E-state index is 0.00142. The van der Waals surface area contributed by atoms with E-state index in [2.05, 4.69) is 22.1 Å². The van der Waals surface area contributed by atoms with E-state index in [4.69, 9.17) is 0 Å². The Balaban J connectivity index is 1.68. The molecule has 1 amide bonds. The van der Waals surface area contributed by atoms with E-state index >= 15 is 0 Å². The normalized spacial score (nSPS) is 11.0. The average Bonchev–Trinajstić information content (AvgIpc) is 2.74. The maximum absolute atomic E-state index is 12.8. The summed E-state index contributed by atoms with van der Waals surface area (Å²) in [5.41, 5.74) is 4.13. The Hall–Kier alpha value is -3.79. The predicted octanol–water partition coefficient (Wildman–Crippen LogP) is 3.12. The molecule has 0 unspecified atom stereocenters. The number of nitrogens with zero attached hydrogens (tertiary/aromatic N) is 4. The quantitative estimate of drug-likeness (QED) is 0.144. The standard InChI is InChI=1S/C21H19N5O4S/c1-14(2)12-25-20(28)17-5-3-4-6-18(17)23-21(25)31-13-19(27)24-22-11-15-7-9-16(10-8-15)26(29)30/h3-11H,1,12-13H2,2H3,(H,24,27). The topological polar surface area (TPSA) is 119 Å². The number of allylic oxidation sites excluding steroid dienone is 1. The van der Waals surface area contributed by atoms with E-state index in [0.29, 0.717) is 28.2 Å². The van der Waals surface area contributed by atoms with E-state index in [0.717, 1.165) is 17.3 Å². The molecule has 1 aromatic heterocycles. The molecule has 0 fully saturated rings. The summed E-state index contributed by atoms with van der Waals surface area (Å²) in [6.45, 7) is 5.98. The van der Waals surface area contributed by atoms with Gasteiger partial charge >= 0.3 is 0 Å². The van der Waals surface area contributed by atoms with Crippen LogP contribution in [0, 0.1) is 10.1 Å². The number of fused-ring (bicyclic) bond motifs is 1. The first-order valence-corrected chi connectivity index (χ1v) is 10.2. The van der Waals surface area contributed by atoms with Crippen LogP contribution in [0.2, 0.25) is 0 Å². The summed E-state index contributed by atoms with van der Waals surface area (Å²) in [4.78, 5) is 39.7. The predicted molar refractivity (Wildman–Crippen MR) is 120 cm³/mol. The lowest BCUT2D eigenvalue weighted by Gasteiger charge is -2.12. The second-order valence-electron chi connectivity index (χ2n) is 6.69. The maximum atomic E-state index is 12.8. The number of nitro benzene ring substituents is 1. The Kier molecular flexibility index (Phi) is 6.93. The number of para-hydroxylation sites is 1. The number of aromatic nitrogens is 2. The molecular formula is C21H19N5O4S. The van der Waals surface area contributed by atoms with Gasteiger partial charge in [-0.3, -0.25) is 24.3 Å². The van der Waals surface area contributed by atoms with Gasteiger partial charge in [0.05, 0.1) is 27.8 Å². The summed E-state index contributed by atoms with van der Waals surface area (Å²) in [5, 5.41) is 15.4. The monoisotopic (exact) mass is 437 g/mol. The number of amides is 1. The van der Waals surface area contributed by atoms with Gasteiger partial charge in [-0.2, -0.15) is 5.10 Å². The van der Waals surface area contributed by atoms with Crippen molar-refractivity contribution in [3.63, 3.8) is 0 Å². The van der Waals surface area contributed by atoms with Crippen molar-refractivity contribution in [3.8, 4) is 0 Å². The molecule has 0 saturated carbocycles. The molecular weight excluding hydrogens is 418 g/mol. The van der Waals surface area contributed by atoms with E-state index < -0.39 is 4.92 Å². The summed E-state index contributed by atoms with van der Waals surface area (Å²) in [6.07, 6.45) is 1.39. The van der Waals surface area contributed by atoms with Crippen molar-refractivity contribution < 1.29 is 9.72 Å². The lowest BCUT2D eigenvalue weighted by atomic mass is 10.2. The van der Waals surface area contributed by atoms with Gasteiger partial charge in [0.2, 0.25) is 0 Å². The lowest BCUT2D eigenvalue weighted by Crippen LogP contribution is -2.25. The molecule has 0 saturated heterocycles. The summed E-state index contributed by atoms with van der Waals surface area (Å²) in [5.74, 6) is -0.383. The van der Waals surface area contributed by atoms with Gasteiger partial charge < -0.3 is 0 Å². The number of benzene rings is 2. The molecule has 0 bridgehead atoms. The third-order valence-corrected chi connectivity index (χ3v) is 5.07. The van der Waals surface area contributed by atoms with Crippen LogP contribution in [0.3, 0.4) is 0 Å². The summed E-state index contributed by atoms with van der Waals surface area (Å²) in [7, 11) is 0. The third-order valence-electron chi connectivity index (χ3n) is 4.09. The van der Waals surface area contributed by atoms with Crippen LogP contribution in [0.4, 0.5) is 5.69 Å². The highest BCUT2D eigenvalue weighted by molar-refractivity contribution is 7.99. The van der Waals surface area contributed by atoms with Crippen LogP contribution < -0.4 is 11.0 Å². The van der Waals surface area contributed by atoms with Crippen LogP contribution in [0.5, 0.6) is 0 Å². The Morgan fingerprint density at radius 1 is 1.29 bits per heavy atom. The molecule has 0 aliphatic rings. The fourth-order valence-corrected chi connectivity index (χ4v) is 3.48. The van der Waals surface area contributed by atoms with Gasteiger partial charge in [0, 0.05) is 18.7 Å². The smallest absolute Gasteiger partial charge is 0.269 e. The highest BCUT2D eigenvalue weighted by Crippen LogP contribution is 2.18. The molecule has 2 aromatic carbocycles. The van der Waals surface area contributed by atoms with Gasteiger partial charge in [0.1, 0.15) is 0 Å². The van der Waals surface area contributed by atoms with E-state index in [1.54, 1.807) is 24.3 Å². The number of thioether (sulfide) groups is 1. The lowest BCUT2D eigenvalue weighted by molar-refractivity contribution is -0.384. The third kappa shape index (κ3) is 5.64. The van der Waals surface area contributed by atoms with E-state index in [1.807, 2.05) is 6.92 Å². The van der Waals surface area contributed by atoms with E-state index in [-0.39, 0.29) is 22.9 Å². The van der Waals surface area contributed by atoms with Crippen molar-refractivity contribution in [2.75, 3.05) is 5.75 Å². The summed E-state index contributed by atoms with van der Waals surface area (Å²) in [6, 6.07) is 12.8. The largest absolute Gasteiger partial charge is 0.283 e. The second kappa shape index (κ2) is 9.81. The van der Waals surface area contributed by atoms with Crippen LogP contribution in [0.25, 0.3) is 10.9 Å². The van der Waals surface area contributed by atoms with Gasteiger partial charge in [-0.15, -0.1) is 0 Å². The van der Waals surface area contributed by atoms with Gasteiger partial charge in [-0.25, -0.2) is 10.4 Å². The van der Waals surface area contributed by atoms with Crippen molar-refractivity contribution in [1.29, 1.82) is 0 Å². The number of rotatable bonds is 8. The Morgan fingerprint density at radius 3 is 2.68 bits per heavy atom. The molecule has 0 aliphatic carbocycles. The number of carbonyl (C=O) groups is 1. The first kappa shape index (κ1) is 21.9. The van der Waals surface area contributed by atoms with Crippen LogP contribution >= 0.6 is 11.8 Å². The van der Waals surface area contributed by atoms with Crippen molar-refractivity contribution in [2.45, 2.75) is 18.6 Å². The molecule has 158 valence electrons. The fourth-order valence-electron chi connectivity index (χ4n) is 2.69. The molecule has 10 heteroatoms. The van der Waals surface area contributed by atoms with Gasteiger partial charge in [0.15, 0.2) is 5.16 Å². The summed E-state index contributed by atoms with van der Waals surface area (Å²) >= 11 is 1.13. The molecule has 0 radical (unpaired) electrons. The number of carbonyl (C=O) groups excluding carboxylic acids is 1. The van der Waals surface area contributed by atoms with Crippen molar-refractivity contribution in [3.05, 3.63) is 86.7 Å². The molecule has 1 N–H and O–H groups in total. The highest BCUT2D eigenvalue weighted by atomic mass is 32.2. The molecule has 9 nitrogen and oxygen atoms in total. The number of hydrazone groups is 1.